The van der Waals surface area contributed by atoms with Crippen molar-refractivity contribution >= 4 is 6.41 Å². The fraction of sp³-hybridized carbons (Fsp3) is 0.480. The van der Waals surface area contributed by atoms with Gasteiger partial charge in [-0.2, -0.15) is 0 Å². The summed E-state index contributed by atoms with van der Waals surface area (Å²) >= 11 is 0. The molecule has 2 heteroatoms. The standard InChI is InChI=1S/C25H35NO/c27-23-26(21-13-3-1-7-15-24-17-9-5-10-18-24)22-14-4-2-8-16-25-19-11-6-12-20-25/h5-6,9-12,17-20,23H,1-4,7-8,13-16,21-22H2. The van der Waals surface area contributed by atoms with E-state index in [0.29, 0.717) is 0 Å². The van der Waals surface area contributed by atoms with Crippen LogP contribution < -0.4 is 0 Å². The zero-order valence-corrected chi connectivity index (χ0v) is 16.7. The van der Waals surface area contributed by atoms with Crippen LogP contribution >= 0.6 is 0 Å². The first kappa shape index (κ1) is 21.2. The summed E-state index contributed by atoms with van der Waals surface area (Å²) in [5.74, 6) is 0. The topological polar surface area (TPSA) is 20.3 Å². The minimum Gasteiger partial charge on any atom is -0.345 e. The zero-order valence-electron chi connectivity index (χ0n) is 16.7. The van der Waals surface area contributed by atoms with Gasteiger partial charge in [0.15, 0.2) is 0 Å². The van der Waals surface area contributed by atoms with Gasteiger partial charge in [0.1, 0.15) is 0 Å². The van der Waals surface area contributed by atoms with Gasteiger partial charge in [-0.15, -0.1) is 0 Å². The molecule has 2 rings (SSSR count). The minimum atomic E-state index is 0.916. The van der Waals surface area contributed by atoms with Crippen LogP contribution in [0.4, 0.5) is 0 Å². The van der Waals surface area contributed by atoms with Gasteiger partial charge in [0.25, 0.3) is 0 Å². The van der Waals surface area contributed by atoms with Crippen molar-refractivity contribution < 1.29 is 4.79 Å². The third-order valence-corrected chi connectivity index (χ3v) is 5.16. The van der Waals surface area contributed by atoms with Crippen LogP contribution in [0.2, 0.25) is 0 Å². The predicted octanol–water partition coefficient (Wildman–Crippen LogP) is 6.05. The maximum absolute atomic E-state index is 11.2. The van der Waals surface area contributed by atoms with Gasteiger partial charge in [-0.1, -0.05) is 86.3 Å². The second kappa shape index (κ2) is 14.0. The van der Waals surface area contributed by atoms with Crippen molar-refractivity contribution in [3.63, 3.8) is 0 Å². The van der Waals surface area contributed by atoms with Gasteiger partial charge in [-0.3, -0.25) is 4.79 Å². The van der Waals surface area contributed by atoms with Crippen LogP contribution in [-0.2, 0) is 17.6 Å². The van der Waals surface area contributed by atoms with E-state index in [1.165, 1.54) is 62.5 Å². The Bertz CT molecular complexity index is 545. The van der Waals surface area contributed by atoms with Crippen molar-refractivity contribution in [2.45, 2.75) is 64.2 Å². The molecule has 0 saturated carbocycles. The van der Waals surface area contributed by atoms with E-state index in [4.69, 9.17) is 0 Å². The molecule has 146 valence electrons. The molecule has 0 unspecified atom stereocenters. The summed E-state index contributed by atoms with van der Waals surface area (Å²) in [4.78, 5) is 13.2. The number of carbonyl (C=O) groups excluding carboxylic acids is 1. The lowest BCUT2D eigenvalue weighted by atomic mass is 10.1. The summed E-state index contributed by atoms with van der Waals surface area (Å²) in [6.45, 7) is 1.83. The predicted molar refractivity (Wildman–Crippen MR) is 115 cm³/mol. The Hall–Kier alpha value is -2.09. The molecule has 0 spiro atoms. The molecule has 0 aromatic heterocycles. The molecule has 2 nitrogen and oxygen atoms in total. The fourth-order valence-corrected chi connectivity index (χ4v) is 3.50. The lowest BCUT2D eigenvalue weighted by Crippen LogP contribution is -2.24. The zero-order chi connectivity index (χ0) is 19.0. The first-order valence-electron chi connectivity index (χ1n) is 10.7. The third kappa shape index (κ3) is 9.98. The van der Waals surface area contributed by atoms with E-state index >= 15 is 0 Å². The van der Waals surface area contributed by atoms with E-state index in [1.54, 1.807) is 0 Å². The van der Waals surface area contributed by atoms with E-state index in [0.717, 1.165) is 32.3 Å². The molecule has 0 heterocycles. The molecule has 2 aromatic carbocycles. The number of hydrogen-bond acceptors (Lipinski definition) is 1. The number of benzene rings is 2. The molecule has 0 N–H and O–H groups in total. The van der Waals surface area contributed by atoms with Gasteiger partial charge in [0.2, 0.25) is 6.41 Å². The highest BCUT2D eigenvalue weighted by molar-refractivity contribution is 5.46. The summed E-state index contributed by atoms with van der Waals surface area (Å²) in [6.07, 6.45) is 13.0. The van der Waals surface area contributed by atoms with Crippen molar-refractivity contribution in [1.29, 1.82) is 0 Å². The molecular weight excluding hydrogens is 330 g/mol. The quantitative estimate of drug-likeness (QED) is 0.278. The normalized spacial score (nSPS) is 10.7. The maximum Gasteiger partial charge on any atom is 0.209 e. The Morgan fingerprint density at radius 3 is 1.37 bits per heavy atom. The Labute approximate surface area is 165 Å². The van der Waals surface area contributed by atoms with Crippen LogP contribution in [-0.4, -0.2) is 24.4 Å². The summed E-state index contributed by atoms with van der Waals surface area (Å²) in [6, 6.07) is 21.4. The number of carbonyl (C=O) groups is 1. The van der Waals surface area contributed by atoms with Crippen molar-refractivity contribution in [2.24, 2.45) is 0 Å². The van der Waals surface area contributed by atoms with Crippen LogP contribution in [0.15, 0.2) is 60.7 Å². The number of aryl methyl sites for hydroxylation is 2. The molecule has 0 atom stereocenters. The van der Waals surface area contributed by atoms with Gasteiger partial charge in [0, 0.05) is 13.1 Å². The average Bonchev–Trinajstić information content (AvgIpc) is 2.73. The molecule has 1 amide bonds. The summed E-state index contributed by atoms with van der Waals surface area (Å²) in [7, 11) is 0. The van der Waals surface area contributed by atoms with Gasteiger partial charge in [-0.25, -0.2) is 0 Å². The summed E-state index contributed by atoms with van der Waals surface area (Å²) in [5, 5.41) is 0. The Balaban J connectivity index is 1.42. The first-order chi connectivity index (χ1) is 13.4. The molecule has 2 aromatic rings. The Morgan fingerprint density at radius 1 is 0.556 bits per heavy atom. The highest BCUT2D eigenvalue weighted by Crippen LogP contribution is 2.10. The van der Waals surface area contributed by atoms with Crippen molar-refractivity contribution in [3.8, 4) is 0 Å². The highest BCUT2D eigenvalue weighted by Gasteiger charge is 2.02. The molecule has 0 aliphatic carbocycles. The second-order valence-electron chi connectivity index (χ2n) is 7.44. The lowest BCUT2D eigenvalue weighted by molar-refractivity contribution is -0.118. The van der Waals surface area contributed by atoms with Crippen molar-refractivity contribution in [1.82, 2.24) is 4.90 Å². The number of nitrogens with zero attached hydrogens (tertiary/aromatic N) is 1. The largest absolute Gasteiger partial charge is 0.345 e. The van der Waals surface area contributed by atoms with E-state index in [2.05, 4.69) is 60.7 Å². The van der Waals surface area contributed by atoms with Crippen LogP contribution in [0.3, 0.4) is 0 Å². The minimum absolute atomic E-state index is 0.916. The lowest BCUT2D eigenvalue weighted by Gasteiger charge is -2.17. The molecular formula is C25H35NO. The first-order valence-corrected chi connectivity index (χ1v) is 10.7. The smallest absolute Gasteiger partial charge is 0.209 e. The molecule has 0 saturated heterocycles. The molecule has 0 aliphatic heterocycles. The monoisotopic (exact) mass is 365 g/mol. The van der Waals surface area contributed by atoms with Crippen molar-refractivity contribution in [2.75, 3.05) is 13.1 Å². The molecule has 0 aliphatic rings. The molecule has 0 radical (unpaired) electrons. The average molecular weight is 366 g/mol. The van der Waals surface area contributed by atoms with Gasteiger partial charge >= 0.3 is 0 Å². The maximum atomic E-state index is 11.2. The van der Waals surface area contributed by atoms with E-state index in [1.807, 2.05) is 4.90 Å². The number of hydrogen-bond donors (Lipinski definition) is 0. The van der Waals surface area contributed by atoms with Crippen molar-refractivity contribution in [3.05, 3.63) is 71.8 Å². The molecule has 0 fully saturated rings. The van der Waals surface area contributed by atoms with Crippen LogP contribution in [0, 0.1) is 0 Å². The van der Waals surface area contributed by atoms with Crippen LogP contribution in [0.5, 0.6) is 0 Å². The fourth-order valence-electron chi connectivity index (χ4n) is 3.50. The third-order valence-electron chi connectivity index (χ3n) is 5.16. The SMILES string of the molecule is O=CN(CCCCCCc1ccccc1)CCCCCCc1ccccc1. The van der Waals surface area contributed by atoms with Crippen LogP contribution in [0.25, 0.3) is 0 Å². The number of unbranched alkanes of at least 4 members (excludes halogenated alkanes) is 6. The Kier molecular flexibility index (Phi) is 11.0. The molecule has 0 bridgehead atoms. The van der Waals surface area contributed by atoms with Gasteiger partial charge < -0.3 is 4.90 Å². The summed E-state index contributed by atoms with van der Waals surface area (Å²) < 4.78 is 0. The Morgan fingerprint density at radius 2 is 0.963 bits per heavy atom. The summed E-state index contributed by atoms with van der Waals surface area (Å²) in [5.41, 5.74) is 2.86. The number of rotatable bonds is 15. The van der Waals surface area contributed by atoms with Crippen LogP contribution in [0.1, 0.15) is 62.5 Å². The van der Waals surface area contributed by atoms with E-state index < -0.39 is 0 Å². The van der Waals surface area contributed by atoms with Gasteiger partial charge in [0.05, 0.1) is 0 Å². The van der Waals surface area contributed by atoms with Gasteiger partial charge in [-0.05, 0) is 49.7 Å². The van der Waals surface area contributed by atoms with E-state index in [-0.39, 0.29) is 0 Å². The number of amides is 1. The van der Waals surface area contributed by atoms with E-state index in [9.17, 15) is 4.79 Å². The highest BCUT2D eigenvalue weighted by atomic mass is 16.1. The second-order valence-corrected chi connectivity index (χ2v) is 7.44. The molecule has 27 heavy (non-hydrogen) atoms.